The molecule has 2 aliphatic rings. The Morgan fingerprint density at radius 3 is 2.24 bits per heavy atom. The highest BCUT2D eigenvalue weighted by atomic mass is 16.6. The normalized spacial score (nSPS) is 16.7. The molecule has 130 valence electrons. The molecule has 0 bridgehead atoms. The fraction of sp³-hybridized carbons (Fsp3) is 0.350. The molecule has 0 atom stereocenters. The third-order valence-corrected chi connectivity index (χ3v) is 4.81. The van der Waals surface area contributed by atoms with Gasteiger partial charge in [0.05, 0.1) is 0 Å². The summed E-state index contributed by atoms with van der Waals surface area (Å²) in [6.45, 7) is 6.17. The number of nitrogens with zero attached hydrogens (tertiary/aromatic N) is 2. The lowest BCUT2D eigenvalue weighted by Gasteiger charge is -2.36. The molecule has 1 fully saturated rings. The molecule has 0 unspecified atom stereocenters. The van der Waals surface area contributed by atoms with E-state index >= 15 is 0 Å². The Bertz CT molecular complexity index is 768. The van der Waals surface area contributed by atoms with Gasteiger partial charge in [-0.15, -0.1) is 0 Å². The summed E-state index contributed by atoms with van der Waals surface area (Å²) in [7, 11) is 0. The molecular weight excluding hydrogens is 316 g/mol. The summed E-state index contributed by atoms with van der Waals surface area (Å²) in [4.78, 5) is 17.2. The third-order valence-electron chi connectivity index (χ3n) is 4.81. The van der Waals surface area contributed by atoms with Crippen molar-refractivity contribution in [1.82, 2.24) is 4.90 Å². The van der Waals surface area contributed by atoms with Crippen molar-refractivity contribution in [3.63, 3.8) is 0 Å². The summed E-state index contributed by atoms with van der Waals surface area (Å²) in [6.07, 6.45) is 0. The number of ether oxygens (including phenoxy) is 2. The Morgan fingerprint density at radius 2 is 1.56 bits per heavy atom. The van der Waals surface area contributed by atoms with Gasteiger partial charge in [0, 0.05) is 37.4 Å². The monoisotopic (exact) mass is 338 g/mol. The van der Waals surface area contributed by atoms with Crippen molar-refractivity contribution in [2.45, 2.75) is 6.92 Å². The molecule has 0 aromatic heterocycles. The molecule has 0 radical (unpaired) electrons. The van der Waals surface area contributed by atoms with Crippen LogP contribution in [0.5, 0.6) is 11.5 Å². The van der Waals surface area contributed by atoms with Crippen molar-refractivity contribution < 1.29 is 14.3 Å². The van der Waals surface area contributed by atoms with E-state index in [1.165, 1.54) is 5.69 Å². The zero-order chi connectivity index (χ0) is 17.2. The van der Waals surface area contributed by atoms with Crippen LogP contribution in [0, 0.1) is 6.92 Å². The number of piperazine rings is 1. The number of anilines is 1. The first-order chi connectivity index (χ1) is 12.2. The second-order valence-corrected chi connectivity index (χ2v) is 6.43. The number of hydrogen-bond acceptors (Lipinski definition) is 4. The van der Waals surface area contributed by atoms with Gasteiger partial charge in [0.2, 0.25) is 0 Å². The van der Waals surface area contributed by atoms with Gasteiger partial charge in [-0.1, -0.05) is 18.2 Å². The Balaban J connectivity index is 1.47. The van der Waals surface area contributed by atoms with Gasteiger partial charge < -0.3 is 19.3 Å². The number of benzene rings is 2. The maximum Gasteiger partial charge on any atom is 0.254 e. The van der Waals surface area contributed by atoms with E-state index in [1.807, 2.05) is 42.2 Å². The van der Waals surface area contributed by atoms with Crippen LogP contribution in [-0.2, 0) is 0 Å². The molecule has 2 aromatic carbocycles. The van der Waals surface area contributed by atoms with E-state index in [0.717, 1.165) is 37.5 Å². The highest BCUT2D eigenvalue weighted by Gasteiger charge is 2.25. The van der Waals surface area contributed by atoms with Crippen LogP contribution in [-0.4, -0.2) is 50.2 Å². The van der Waals surface area contributed by atoms with Crippen LogP contribution >= 0.6 is 0 Å². The SMILES string of the molecule is Cc1cc2c(cc1C(=O)N1CCN(c3ccccc3)CC1)OCCO2. The molecule has 2 aliphatic heterocycles. The zero-order valence-electron chi connectivity index (χ0n) is 14.4. The van der Waals surface area contributed by atoms with E-state index in [-0.39, 0.29) is 5.91 Å². The van der Waals surface area contributed by atoms with Gasteiger partial charge in [-0.05, 0) is 36.8 Å². The Hall–Kier alpha value is -2.69. The van der Waals surface area contributed by atoms with Crippen LogP contribution in [0.15, 0.2) is 42.5 Å². The summed E-state index contributed by atoms with van der Waals surface area (Å²) < 4.78 is 11.2. The smallest absolute Gasteiger partial charge is 0.254 e. The molecule has 5 nitrogen and oxygen atoms in total. The van der Waals surface area contributed by atoms with E-state index in [0.29, 0.717) is 24.5 Å². The summed E-state index contributed by atoms with van der Waals surface area (Å²) in [5, 5.41) is 0. The largest absolute Gasteiger partial charge is 0.486 e. The Labute approximate surface area is 147 Å². The van der Waals surface area contributed by atoms with Gasteiger partial charge in [-0.2, -0.15) is 0 Å². The predicted molar refractivity (Wildman–Crippen MR) is 96.7 cm³/mol. The number of rotatable bonds is 2. The van der Waals surface area contributed by atoms with Gasteiger partial charge >= 0.3 is 0 Å². The van der Waals surface area contributed by atoms with E-state index < -0.39 is 0 Å². The third kappa shape index (κ3) is 3.14. The van der Waals surface area contributed by atoms with Crippen molar-refractivity contribution in [3.05, 3.63) is 53.6 Å². The summed E-state index contributed by atoms with van der Waals surface area (Å²) in [5.41, 5.74) is 2.85. The molecule has 0 spiro atoms. The molecule has 4 rings (SSSR count). The Kier molecular flexibility index (Phi) is 4.22. The van der Waals surface area contributed by atoms with Crippen LogP contribution in [0.4, 0.5) is 5.69 Å². The minimum atomic E-state index is 0.0715. The van der Waals surface area contributed by atoms with Crippen LogP contribution in [0.25, 0.3) is 0 Å². The van der Waals surface area contributed by atoms with Gasteiger partial charge in [0.15, 0.2) is 11.5 Å². The average Bonchev–Trinajstić information content (AvgIpc) is 2.68. The minimum Gasteiger partial charge on any atom is -0.486 e. The van der Waals surface area contributed by atoms with Gasteiger partial charge in [0.25, 0.3) is 5.91 Å². The molecule has 2 aromatic rings. The topological polar surface area (TPSA) is 42.0 Å². The van der Waals surface area contributed by atoms with E-state index in [4.69, 9.17) is 9.47 Å². The number of para-hydroxylation sites is 1. The van der Waals surface area contributed by atoms with Gasteiger partial charge in [-0.25, -0.2) is 0 Å². The molecule has 1 saturated heterocycles. The molecule has 5 heteroatoms. The number of fused-ring (bicyclic) bond motifs is 1. The van der Waals surface area contributed by atoms with Crippen molar-refractivity contribution in [2.24, 2.45) is 0 Å². The first-order valence-corrected chi connectivity index (χ1v) is 8.72. The number of hydrogen-bond donors (Lipinski definition) is 0. The second kappa shape index (κ2) is 6.67. The second-order valence-electron chi connectivity index (χ2n) is 6.43. The first-order valence-electron chi connectivity index (χ1n) is 8.72. The van der Waals surface area contributed by atoms with Crippen LogP contribution in [0.1, 0.15) is 15.9 Å². The number of carbonyl (C=O) groups is 1. The van der Waals surface area contributed by atoms with Crippen molar-refractivity contribution in [3.8, 4) is 11.5 Å². The lowest BCUT2D eigenvalue weighted by Crippen LogP contribution is -2.49. The number of carbonyl (C=O) groups excluding carboxylic acids is 1. The fourth-order valence-corrected chi connectivity index (χ4v) is 3.40. The summed E-state index contributed by atoms with van der Waals surface area (Å²) >= 11 is 0. The van der Waals surface area contributed by atoms with Crippen molar-refractivity contribution in [1.29, 1.82) is 0 Å². The number of amides is 1. The zero-order valence-corrected chi connectivity index (χ0v) is 14.4. The highest BCUT2D eigenvalue weighted by molar-refractivity contribution is 5.96. The molecule has 25 heavy (non-hydrogen) atoms. The maximum atomic E-state index is 13.0. The van der Waals surface area contributed by atoms with Crippen molar-refractivity contribution in [2.75, 3.05) is 44.3 Å². The van der Waals surface area contributed by atoms with Crippen LogP contribution in [0.3, 0.4) is 0 Å². The average molecular weight is 338 g/mol. The molecule has 1 amide bonds. The van der Waals surface area contributed by atoms with Gasteiger partial charge in [0.1, 0.15) is 13.2 Å². The summed E-state index contributed by atoms with van der Waals surface area (Å²) in [6, 6.07) is 14.1. The lowest BCUT2D eigenvalue weighted by molar-refractivity contribution is 0.0745. The fourth-order valence-electron chi connectivity index (χ4n) is 3.40. The molecule has 0 saturated carbocycles. The highest BCUT2D eigenvalue weighted by Crippen LogP contribution is 2.33. The number of aryl methyl sites for hydroxylation is 1. The van der Waals surface area contributed by atoms with Gasteiger partial charge in [-0.3, -0.25) is 4.79 Å². The molecule has 0 N–H and O–H groups in total. The van der Waals surface area contributed by atoms with E-state index in [2.05, 4.69) is 17.0 Å². The van der Waals surface area contributed by atoms with Crippen LogP contribution < -0.4 is 14.4 Å². The first kappa shape index (κ1) is 15.8. The standard InChI is InChI=1S/C20H22N2O3/c1-15-13-18-19(25-12-11-24-18)14-17(15)20(23)22-9-7-21(8-10-22)16-5-3-2-4-6-16/h2-6,13-14H,7-12H2,1H3. The molecule has 2 heterocycles. The lowest BCUT2D eigenvalue weighted by atomic mass is 10.1. The summed E-state index contributed by atoms with van der Waals surface area (Å²) in [5.74, 6) is 1.47. The van der Waals surface area contributed by atoms with Crippen molar-refractivity contribution >= 4 is 11.6 Å². The molecule has 0 aliphatic carbocycles. The van der Waals surface area contributed by atoms with E-state index in [9.17, 15) is 4.79 Å². The minimum absolute atomic E-state index is 0.0715. The quantitative estimate of drug-likeness (QED) is 0.844. The Morgan fingerprint density at radius 1 is 0.920 bits per heavy atom. The van der Waals surface area contributed by atoms with E-state index in [1.54, 1.807) is 0 Å². The van der Waals surface area contributed by atoms with Crippen LogP contribution in [0.2, 0.25) is 0 Å². The maximum absolute atomic E-state index is 13.0. The predicted octanol–water partition coefficient (Wildman–Crippen LogP) is 2.73. The molecular formula is C20H22N2O3.